The highest BCUT2D eigenvalue weighted by molar-refractivity contribution is 9.10. The fraction of sp³-hybridized carbons (Fsp3) is 0.500. The number of hydrogen-bond acceptors (Lipinski definition) is 3. The number of hydrogen-bond donors (Lipinski definition) is 1. The molecule has 1 heterocycles. The van der Waals surface area contributed by atoms with Crippen LogP contribution in [-0.4, -0.2) is 28.7 Å². The molecule has 7 heteroatoms. The lowest BCUT2D eigenvalue weighted by atomic mass is 9.81. The third-order valence-corrected chi connectivity index (χ3v) is 7.15. The number of likely N-dealkylation sites (tertiary alicyclic amines) is 1. The Hall–Kier alpha value is -1.40. The molecule has 1 aliphatic heterocycles. The molecule has 2 bridgehead atoms. The lowest BCUT2D eigenvalue weighted by molar-refractivity contribution is -0.146. The summed E-state index contributed by atoms with van der Waals surface area (Å²) >= 11 is 9.33. The maximum atomic E-state index is 12.8. The zero-order valence-electron chi connectivity index (χ0n) is 13.7. The van der Waals surface area contributed by atoms with E-state index >= 15 is 0 Å². The van der Waals surface area contributed by atoms with Crippen LogP contribution in [0.25, 0.3) is 0 Å². The van der Waals surface area contributed by atoms with Gasteiger partial charge in [-0.15, -0.1) is 0 Å². The molecule has 3 amide bonds. The second-order valence-electron chi connectivity index (χ2n) is 7.23. The Morgan fingerprint density at radius 1 is 1.24 bits per heavy atom. The van der Waals surface area contributed by atoms with Crippen molar-refractivity contribution in [2.24, 2.45) is 23.7 Å². The fourth-order valence-corrected chi connectivity index (χ4v) is 5.18. The average molecular weight is 426 g/mol. The molecule has 4 rings (SSSR count). The summed E-state index contributed by atoms with van der Waals surface area (Å²) in [7, 11) is 0. The monoisotopic (exact) mass is 424 g/mol. The maximum absolute atomic E-state index is 12.8. The molecule has 132 valence electrons. The van der Waals surface area contributed by atoms with Gasteiger partial charge >= 0.3 is 0 Å². The van der Waals surface area contributed by atoms with E-state index in [-0.39, 0.29) is 29.6 Å². The van der Waals surface area contributed by atoms with E-state index in [1.165, 1.54) is 4.90 Å². The minimum absolute atomic E-state index is 0.168. The van der Waals surface area contributed by atoms with Gasteiger partial charge in [0, 0.05) is 10.2 Å². The van der Waals surface area contributed by atoms with Crippen molar-refractivity contribution in [3.8, 4) is 0 Å². The summed E-state index contributed by atoms with van der Waals surface area (Å²) < 4.78 is 0.730. The summed E-state index contributed by atoms with van der Waals surface area (Å²) in [6, 6.07) is 4.24. The minimum Gasteiger partial charge on any atom is -0.324 e. The van der Waals surface area contributed by atoms with Crippen LogP contribution in [0.15, 0.2) is 22.7 Å². The second kappa shape index (κ2) is 6.09. The van der Waals surface area contributed by atoms with Crippen LogP contribution < -0.4 is 5.32 Å². The standard InChI is InChI=1S/C18H18BrClN2O3/c1-8(16(23)21-11-4-5-12(19)13(20)7-11)22-17(24)14-9-2-3-10(6-9)15(14)18(22)25/h4-5,7-10,14-15H,2-3,6H2,1H3,(H,21,23)/t8-,9+,10+,14-,15+/m0/s1. The van der Waals surface area contributed by atoms with Crippen molar-refractivity contribution in [3.05, 3.63) is 27.7 Å². The van der Waals surface area contributed by atoms with Crippen molar-refractivity contribution < 1.29 is 14.4 Å². The number of halogens is 2. The first-order valence-corrected chi connectivity index (χ1v) is 9.68. The number of amides is 3. The first-order chi connectivity index (χ1) is 11.9. The van der Waals surface area contributed by atoms with Crippen molar-refractivity contribution in [2.75, 3.05) is 5.32 Å². The molecule has 1 aromatic carbocycles. The van der Waals surface area contributed by atoms with E-state index in [0.29, 0.717) is 22.5 Å². The summed E-state index contributed by atoms with van der Waals surface area (Å²) in [4.78, 5) is 39.3. The van der Waals surface area contributed by atoms with Crippen molar-refractivity contribution in [1.29, 1.82) is 0 Å². The molecule has 1 N–H and O–H groups in total. The van der Waals surface area contributed by atoms with Gasteiger partial charge in [-0.05, 0) is 72.2 Å². The number of carbonyl (C=O) groups excluding carboxylic acids is 3. The predicted molar refractivity (Wildman–Crippen MR) is 96.9 cm³/mol. The fourth-order valence-electron chi connectivity index (χ4n) is 4.75. The molecule has 5 nitrogen and oxygen atoms in total. The molecule has 1 aromatic rings. The maximum Gasteiger partial charge on any atom is 0.247 e. The number of carbonyl (C=O) groups is 3. The van der Waals surface area contributed by atoms with Gasteiger partial charge in [0.1, 0.15) is 6.04 Å². The van der Waals surface area contributed by atoms with E-state index in [0.717, 1.165) is 23.7 Å². The lowest BCUT2D eigenvalue weighted by Gasteiger charge is -2.23. The van der Waals surface area contributed by atoms with Gasteiger partial charge in [-0.2, -0.15) is 0 Å². The van der Waals surface area contributed by atoms with E-state index in [1.807, 2.05) is 0 Å². The normalized spacial score (nSPS) is 31.4. The quantitative estimate of drug-likeness (QED) is 0.754. The smallest absolute Gasteiger partial charge is 0.247 e. The van der Waals surface area contributed by atoms with Crippen LogP contribution >= 0.6 is 27.5 Å². The highest BCUT2D eigenvalue weighted by atomic mass is 79.9. The molecule has 1 saturated heterocycles. The summed E-state index contributed by atoms with van der Waals surface area (Å²) in [6.07, 6.45) is 3.03. The Bertz CT molecular complexity index is 756. The molecule has 3 fully saturated rings. The van der Waals surface area contributed by atoms with E-state index in [9.17, 15) is 14.4 Å². The van der Waals surface area contributed by atoms with Gasteiger partial charge in [0.15, 0.2) is 0 Å². The van der Waals surface area contributed by atoms with E-state index in [1.54, 1.807) is 25.1 Å². The van der Waals surface area contributed by atoms with Gasteiger partial charge < -0.3 is 5.32 Å². The Labute approximate surface area is 159 Å². The first kappa shape index (κ1) is 17.0. The van der Waals surface area contributed by atoms with Crippen LogP contribution in [0.5, 0.6) is 0 Å². The summed E-state index contributed by atoms with van der Waals surface area (Å²) in [5.41, 5.74) is 0.532. The Balaban J connectivity index is 1.51. The van der Waals surface area contributed by atoms with Gasteiger partial charge in [-0.1, -0.05) is 11.6 Å². The SMILES string of the molecule is C[C@@H](C(=O)Nc1ccc(Br)c(Cl)c1)N1C(=O)[C@@H]2[C@@H]3CC[C@H](C3)[C@@H]2C1=O. The molecule has 0 aromatic heterocycles. The first-order valence-electron chi connectivity index (χ1n) is 8.51. The molecular formula is C18H18BrClN2O3. The molecular weight excluding hydrogens is 408 g/mol. The zero-order valence-corrected chi connectivity index (χ0v) is 16.0. The second-order valence-corrected chi connectivity index (χ2v) is 8.49. The van der Waals surface area contributed by atoms with E-state index in [4.69, 9.17) is 11.6 Å². The van der Waals surface area contributed by atoms with Crippen molar-refractivity contribution in [3.63, 3.8) is 0 Å². The Kier molecular flexibility index (Phi) is 4.15. The highest BCUT2D eigenvalue weighted by Gasteiger charge is 2.62. The van der Waals surface area contributed by atoms with Gasteiger partial charge in [0.25, 0.3) is 0 Å². The number of nitrogens with one attached hydrogen (secondary N) is 1. The molecule has 0 unspecified atom stereocenters. The minimum atomic E-state index is -0.826. The largest absolute Gasteiger partial charge is 0.324 e. The lowest BCUT2D eigenvalue weighted by Crippen LogP contribution is -2.46. The van der Waals surface area contributed by atoms with Crippen LogP contribution in [0.1, 0.15) is 26.2 Å². The molecule has 3 aliphatic rings. The number of anilines is 1. The Morgan fingerprint density at radius 2 is 1.84 bits per heavy atom. The van der Waals surface area contributed by atoms with Crippen LogP contribution in [0.4, 0.5) is 5.69 Å². The average Bonchev–Trinajstić information content (AvgIpc) is 3.24. The highest BCUT2D eigenvalue weighted by Crippen LogP contribution is 2.56. The molecule has 0 spiro atoms. The molecule has 2 saturated carbocycles. The number of rotatable bonds is 3. The third kappa shape index (κ3) is 2.61. The predicted octanol–water partition coefficient (Wildman–Crippen LogP) is 3.46. The number of benzene rings is 1. The molecule has 5 atom stereocenters. The molecule has 25 heavy (non-hydrogen) atoms. The molecule has 0 radical (unpaired) electrons. The van der Waals surface area contributed by atoms with E-state index in [2.05, 4.69) is 21.2 Å². The van der Waals surface area contributed by atoms with Crippen LogP contribution in [0.2, 0.25) is 5.02 Å². The topological polar surface area (TPSA) is 66.5 Å². The number of nitrogens with zero attached hydrogens (tertiary/aromatic N) is 1. The summed E-state index contributed by atoms with van der Waals surface area (Å²) in [6.45, 7) is 1.61. The van der Waals surface area contributed by atoms with Crippen molar-refractivity contribution >= 4 is 50.9 Å². The van der Waals surface area contributed by atoms with Gasteiger partial charge in [0.2, 0.25) is 17.7 Å². The van der Waals surface area contributed by atoms with Crippen LogP contribution in [-0.2, 0) is 14.4 Å². The summed E-state index contributed by atoms with van der Waals surface area (Å²) in [5.74, 6) is -0.494. The van der Waals surface area contributed by atoms with Crippen LogP contribution in [0, 0.1) is 23.7 Å². The van der Waals surface area contributed by atoms with E-state index < -0.39 is 6.04 Å². The third-order valence-electron chi connectivity index (χ3n) is 5.92. The van der Waals surface area contributed by atoms with Gasteiger partial charge in [-0.3, -0.25) is 19.3 Å². The number of fused-ring (bicyclic) bond motifs is 5. The van der Waals surface area contributed by atoms with Gasteiger partial charge in [0.05, 0.1) is 16.9 Å². The van der Waals surface area contributed by atoms with Crippen molar-refractivity contribution in [1.82, 2.24) is 4.90 Å². The van der Waals surface area contributed by atoms with Crippen molar-refractivity contribution in [2.45, 2.75) is 32.2 Å². The zero-order chi connectivity index (χ0) is 17.9. The summed E-state index contributed by atoms with van der Waals surface area (Å²) in [5, 5.41) is 3.22. The molecule has 2 aliphatic carbocycles. The Morgan fingerprint density at radius 3 is 2.40 bits per heavy atom. The van der Waals surface area contributed by atoms with Crippen LogP contribution in [0.3, 0.4) is 0 Å². The van der Waals surface area contributed by atoms with Gasteiger partial charge in [-0.25, -0.2) is 0 Å². The number of imide groups is 1.